The number of halogens is 2. The minimum absolute atomic E-state index is 0.0283. The minimum Gasteiger partial charge on any atom is -0.392 e. The van der Waals surface area contributed by atoms with E-state index in [4.69, 9.17) is 23.2 Å². The summed E-state index contributed by atoms with van der Waals surface area (Å²) in [5.41, 5.74) is 0.319. The molecule has 1 fully saturated rings. The van der Waals surface area contributed by atoms with Crippen LogP contribution in [0.3, 0.4) is 0 Å². The Hall–Kier alpha value is -0.330. The van der Waals surface area contributed by atoms with Crippen LogP contribution in [0.1, 0.15) is 25.3 Å². The lowest BCUT2D eigenvalue weighted by Gasteiger charge is -2.21. The summed E-state index contributed by atoms with van der Waals surface area (Å²) in [4.78, 5) is -0.0283. The number of nitrogens with zero attached hydrogens (tertiary/aromatic N) is 1. The largest absolute Gasteiger partial charge is 0.392 e. The normalized spacial score (nSPS) is 16.1. The molecule has 0 bridgehead atoms. The molecule has 106 valence electrons. The van der Waals surface area contributed by atoms with Crippen molar-refractivity contribution in [1.82, 2.24) is 4.31 Å². The van der Waals surface area contributed by atoms with Crippen molar-refractivity contribution in [2.24, 2.45) is 0 Å². The van der Waals surface area contributed by atoms with Crippen LogP contribution in [0.4, 0.5) is 0 Å². The van der Waals surface area contributed by atoms with Crippen molar-refractivity contribution in [2.75, 3.05) is 6.54 Å². The Kier molecular flexibility index (Phi) is 4.42. The van der Waals surface area contributed by atoms with E-state index in [1.165, 1.54) is 16.4 Å². The quantitative estimate of drug-likeness (QED) is 0.906. The van der Waals surface area contributed by atoms with Gasteiger partial charge in [0.15, 0.2) is 0 Å². The molecule has 0 saturated heterocycles. The first kappa shape index (κ1) is 15.1. The summed E-state index contributed by atoms with van der Waals surface area (Å²) in [5.74, 6) is 0. The molecule has 1 aromatic carbocycles. The van der Waals surface area contributed by atoms with Gasteiger partial charge in [0.2, 0.25) is 10.0 Å². The summed E-state index contributed by atoms with van der Waals surface area (Å²) in [6, 6.07) is 2.86. The predicted molar refractivity (Wildman–Crippen MR) is 75.0 cm³/mol. The fourth-order valence-electron chi connectivity index (χ4n) is 2.03. The van der Waals surface area contributed by atoms with Gasteiger partial charge in [-0.25, -0.2) is 8.42 Å². The molecule has 2 rings (SSSR count). The minimum atomic E-state index is -3.67. The molecule has 1 aliphatic carbocycles. The van der Waals surface area contributed by atoms with Gasteiger partial charge in [0, 0.05) is 17.6 Å². The second-order valence-corrected chi connectivity index (χ2v) is 7.15. The molecule has 0 heterocycles. The topological polar surface area (TPSA) is 57.6 Å². The van der Waals surface area contributed by atoms with Crippen LogP contribution in [0.2, 0.25) is 10.0 Å². The summed E-state index contributed by atoms with van der Waals surface area (Å²) in [6.07, 6.45) is 1.75. The molecule has 1 aromatic rings. The van der Waals surface area contributed by atoms with Crippen LogP contribution in [0.15, 0.2) is 17.0 Å². The highest BCUT2D eigenvalue weighted by Crippen LogP contribution is 2.36. The van der Waals surface area contributed by atoms with E-state index in [0.717, 1.165) is 12.8 Å². The zero-order valence-electron chi connectivity index (χ0n) is 10.4. The Balaban J connectivity index is 2.53. The van der Waals surface area contributed by atoms with Gasteiger partial charge in [-0.15, -0.1) is 0 Å². The highest BCUT2D eigenvalue weighted by molar-refractivity contribution is 7.89. The van der Waals surface area contributed by atoms with E-state index in [2.05, 4.69) is 0 Å². The van der Waals surface area contributed by atoms with E-state index >= 15 is 0 Å². The molecule has 0 aliphatic heterocycles. The number of hydrogen-bond acceptors (Lipinski definition) is 3. The first-order chi connectivity index (χ1) is 8.91. The zero-order valence-corrected chi connectivity index (χ0v) is 12.8. The van der Waals surface area contributed by atoms with Gasteiger partial charge in [0.05, 0.1) is 11.6 Å². The van der Waals surface area contributed by atoms with Crippen LogP contribution >= 0.6 is 23.2 Å². The van der Waals surface area contributed by atoms with E-state index in [1.54, 1.807) is 6.92 Å². The van der Waals surface area contributed by atoms with Crippen LogP contribution < -0.4 is 0 Å². The fourth-order valence-corrected chi connectivity index (χ4v) is 4.63. The average Bonchev–Trinajstić information content (AvgIpc) is 3.16. The van der Waals surface area contributed by atoms with Gasteiger partial charge in [-0.2, -0.15) is 4.31 Å². The predicted octanol–water partition coefficient (Wildman–Crippen LogP) is 2.66. The van der Waals surface area contributed by atoms with Crippen molar-refractivity contribution in [3.8, 4) is 0 Å². The maximum Gasteiger partial charge on any atom is 0.244 e. The molecule has 0 amide bonds. The van der Waals surface area contributed by atoms with Gasteiger partial charge in [-0.1, -0.05) is 30.1 Å². The van der Waals surface area contributed by atoms with Crippen molar-refractivity contribution in [3.05, 3.63) is 27.7 Å². The summed E-state index contributed by atoms with van der Waals surface area (Å²) >= 11 is 12.0. The number of rotatable bonds is 5. The fraction of sp³-hybridized carbons (Fsp3) is 0.500. The molecule has 1 aliphatic rings. The summed E-state index contributed by atoms with van der Waals surface area (Å²) in [7, 11) is -3.67. The van der Waals surface area contributed by atoms with Crippen LogP contribution in [0.5, 0.6) is 0 Å². The highest BCUT2D eigenvalue weighted by atomic mass is 35.5. The van der Waals surface area contributed by atoms with Crippen LogP contribution in [-0.4, -0.2) is 30.4 Å². The van der Waals surface area contributed by atoms with Gasteiger partial charge < -0.3 is 5.11 Å². The lowest BCUT2D eigenvalue weighted by Crippen LogP contribution is -2.33. The number of benzene rings is 1. The van der Waals surface area contributed by atoms with Gasteiger partial charge in [-0.05, 0) is 30.5 Å². The summed E-state index contributed by atoms with van der Waals surface area (Å²) in [6.45, 7) is 1.84. The van der Waals surface area contributed by atoms with Crippen LogP contribution in [0.25, 0.3) is 0 Å². The third-order valence-electron chi connectivity index (χ3n) is 3.10. The monoisotopic (exact) mass is 323 g/mol. The Morgan fingerprint density at radius 1 is 1.37 bits per heavy atom. The maximum atomic E-state index is 12.6. The molecule has 0 unspecified atom stereocenters. The summed E-state index contributed by atoms with van der Waals surface area (Å²) < 4.78 is 26.6. The third-order valence-corrected chi connectivity index (χ3v) is 5.93. The molecule has 7 heteroatoms. The Labute approximate surface area is 123 Å². The molecule has 1 saturated carbocycles. The average molecular weight is 324 g/mol. The number of hydrogen-bond donors (Lipinski definition) is 1. The molecule has 0 atom stereocenters. The molecule has 0 radical (unpaired) electrons. The molecule has 0 spiro atoms. The maximum absolute atomic E-state index is 12.6. The van der Waals surface area contributed by atoms with E-state index in [9.17, 15) is 13.5 Å². The highest BCUT2D eigenvalue weighted by Gasteiger charge is 2.38. The molecular formula is C12H15Cl2NO3S. The van der Waals surface area contributed by atoms with Gasteiger partial charge in [-0.3, -0.25) is 0 Å². The Morgan fingerprint density at radius 3 is 2.47 bits per heavy atom. The summed E-state index contributed by atoms with van der Waals surface area (Å²) in [5, 5.41) is 9.50. The van der Waals surface area contributed by atoms with Crippen LogP contribution in [-0.2, 0) is 16.6 Å². The van der Waals surface area contributed by atoms with Crippen molar-refractivity contribution < 1.29 is 13.5 Å². The van der Waals surface area contributed by atoms with E-state index < -0.39 is 10.0 Å². The van der Waals surface area contributed by atoms with Crippen LogP contribution in [0, 0.1) is 0 Å². The van der Waals surface area contributed by atoms with Gasteiger partial charge in [0.25, 0.3) is 0 Å². The van der Waals surface area contributed by atoms with Gasteiger partial charge >= 0.3 is 0 Å². The third kappa shape index (κ3) is 2.90. The second kappa shape index (κ2) is 5.58. The first-order valence-corrected chi connectivity index (χ1v) is 8.22. The lowest BCUT2D eigenvalue weighted by molar-refractivity contribution is 0.281. The van der Waals surface area contributed by atoms with Gasteiger partial charge in [0.1, 0.15) is 4.90 Å². The zero-order chi connectivity index (χ0) is 14.2. The number of aliphatic hydroxyl groups excluding tert-OH is 1. The molecular weight excluding hydrogens is 309 g/mol. The van der Waals surface area contributed by atoms with Crippen molar-refractivity contribution in [1.29, 1.82) is 0 Å². The smallest absolute Gasteiger partial charge is 0.244 e. The molecule has 19 heavy (non-hydrogen) atoms. The van der Waals surface area contributed by atoms with Crippen molar-refractivity contribution in [2.45, 2.75) is 37.3 Å². The Bertz CT molecular complexity index is 585. The number of aliphatic hydroxyl groups is 1. The molecule has 4 nitrogen and oxygen atoms in total. The number of sulfonamides is 1. The molecule has 0 aromatic heterocycles. The SMILES string of the molecule is CCN(C1CC1)S(=O)(=O)c1cc(Cl)cc(CO)c1Cl. The van der Waals surface area contributed by atoms with E-state index in [1.807, 2.05) is 0 Å². The van der Waals surface area contributed by atoms with E-state index in [-0.39, 0.29) is 27.6 Å². The molecule has 1 N–H and O–H groups in total. The first-order valence-electron chi connectivity index (χ1n) is 6.02. The Morgan fingerprint density at radius 2 is 2.00 bits per heavy atom. The van der Waals surface area contributed by atoms with Crippen molar-refractivity contribution >= 4 is 33.2 Å². The standard InChI is InChI=1S/C12H15Cl2NO3S/c1-2-15(10-3-4-10)19(17,18)11-6-9(13)5-8(7-16)12(11)14/h5-6,10,16H,2-4,7H2,1H3. The van der Waals surface area contributed by atoms with E-state index in [0.29, 0.717) is 12.1 Å². The second-order valence-electron chi connectivity index (χ2n) is 4.47. The lowest BCUT2D eigenvalue weighted by atomic mass is 10.2. The van der Waals surface area contributed by atoms with Crippen molar-refractivity contribution in [3.63, 3.8) is 0 Å².